The molecule has 0 radical (unpaired) electrons. The van der Waals surface area contributed by atoms with Crippen molar-refractivity contribution >= 4 is 11.8 Å². The van der Waals surface area contributed by atoms with E-state index in [2.05, 4.69) is 20.9 Å². The van der Waals surface area contributed by atoms with E-state index in [9.17, 15) is 4.79 Å². The standard InChI is InChI=1S/C19H22N6O2/c20-18-16(19(26)22-12-13-4-2-1-3-5-13)17(24-27-18)15-8-11-25(23-15)14-6-9-21-10-7-14/h1-5,8,11,14,21H,6-7,9-10,12,20H2,(H,22,26). The molecule has 27 heavy (non-hydrogen) atoms. The van der Waals surface area contributed by atoms with Gasteiger partial charge in [0.15, 0.2) is 0 Å². The molecule has 4 N–H and O–H groups in total. The lowest BCUT2D eigenvalue weighted by atomic mass is 10.1. The Morgan fingerprint density at radius 3 is 2.81 bits per heavy atom. The number of nitrogen functional groups attached to an aromatic ring is 1. The van der Waals surface area contributed by atoms with Crippen molar-refractivity contribution in [3.05, 3.63) is 53.7 Å². The highest BCUT2D eigenvalue weighted by Crippen LogP contribution is 2.27. The van der Waals surface area contributed by atoms with Crippen LogP contribution in [0.4, 0.5) is 5.88 Å². The summed E-state index contributed by atoms with van der Waals surface area (Å²) >= 11 is 0. The zero-order chi connectivity index (χ0) is 18.6. The quantitative estimate of drug-likeness (QED) is 0.637. The molecule has 8 heteroatoms. The average Bonchev–Trinajstić information content (AvgIpc) is 3.34. The Labute approximate surface area is 156 Å². The molecule has 0 unspecified atom stereocenters. The minimum Gasteiger partial charge on any atom is -0.367 e. The van der Waals surface area contributed by atoms with Crippen LogP contribution in [0.15, 0.2) is 47.1 Å². The number of nitrogens with two attached hydrogens (primary N) is 1. The van der Waals surface area contributed by atoms with Crippen molar-refractivity contribution in [2.45, 2.75) is 25.4 Å². The maximum atomic E-state index is 12.7. The molecule has 0 saturated carbocycles. The van der Waals surface area contributed by atoms with Crippen LogP contribution in [0.2, 0.25) is 0 Å². The van der Waals surface area contributed by atoms with Crippen LogP contribution in [-0.4, -0.2) is 33.9 Å². The third-order valence-corrected chi connectivity index (χ3v) is 4.78. The summed E-state index contributed by atoms with van der Waals surface area (Å²) in [7, 11) is 0. The number of nitrogens with one attached hydrogen (secondary N) is 2. The summed E-state index contributed by atoms with van der Waals surface area (Å²) < 4.78 is 7.02. The maximum absolute atomic E-state index is 12.7. The number of carbonyl (C=O) groups is 1. The van der Waals surface area contributed by atoms with E-state index in [4.69, 9.17) is 10.3 Å². The van der Waals surface area contributed by atoms with Crippen molar-refractivity contribution in [2.75, 3.05) is 18.8 Å². The Balaban J connectivity index is 1.53. The molecule has 3 heterocycles. The number of piperidine rings is 1. The summed E-state index contributed by atoms with van der Waals surface area (Å²) in [5.41, 5.74) is 8.04. The van der Waals surface area contributed by atoms with Gasteiger partial charge in [0.25, 0.3) is 5.91 Å². The van der Waals surface area contributed by atoms with Gasteiger partial charge in [-0.25, -0.2) is 0 Å². The fourth-order valence-electron chi connectivity index (χ4n) is 3.30. The number of benzene rings is 1. The molecule has 1 aliphatic heterocycles. The highest BCUT2D eigenvalue weighted by Gasteiger charge is 2.25. The third kappa shape index (κ3) is 3.70. The normalized spacial score (nSPS) is 15.0. The van der Waals surface area contributed by atoms with Gasteiger partial charge < -0.3 is 20.9 Å². The summed E-state index contributed by atoms with van der Waals surface area (Å²) in [5, 5.41) is 14.8. The largest absolute Gasteiger partial charge is 0.367 e. The highest BCUT2D eigenvalue weighted by atomic mass is 16.5. The second kappa shape index (κ2) is 7.63. The monoisotopic (exact) mass is 366 g/mol. The van der Waals surface area contributed by atoms with Crippen LogP contribution in [0.1, 0.15) is 34.8 Å². The number of hydrogen-bond acceptors (Lipinski definition) is 6. The Morgan fingerprint density at radius 1 is 1.26 bits per heavy atom. The molecule has 8 nitrogen and oxygen atoms in total. The average molecular weight is 366 g/mol. The fraction of sp³-hybridized carbons (Fsp3) is 0.316. The molecule has 0 bridgehead atoms. The van der Waals surface area contributed by atoms with Gasteiger partial charge in [0.1, 0.15) is 17.0 Å². The first-order valence-corrected chi connectivity index (χ1v) is 9.06. The topological polar surface area (TPSA) is 111 Å². The van der Waals surface area contributed by atoms with Gasteiger partial charge in [0.05, 0.1) is 6.04 Å². The predicted octanol–water partition coefficient (Wildman–Crippen LogP) is 1.97. The molecular formula is C19H22N6O2. The summed E-state index contributed by atoms with van der Waals surface area (Å²) in [6.07, 6.45) is 3.96. The van der Waals surface area contributed by atoms with Crippen LogP contribution in [-0.2, 0) is 6.54 Å². The zero-order valence-corrected chi connectivity index (χ0v) is 14.9. The molecule has 1 fully saturated rings. The lowest BCUT2D eigenvalue weighted by Gasteiger charge is -2.22. The molecule has 1 amide bonds. The van der Waals surface area contributed by atoms with Gasteiger partial charge in [0.2, 0.25) is 5.88 Å². The lowest BCUT2D eigenvalue weighted by molar-refractivity contribution is 0.0952. The molecule has 2 aromatic heterocycles. The second-order valence-corrected chi connectivity index (χ2v) is 6.60. The molecule has 1 aliphatic rings. The van der Waals surface area contributed by atoms with Crippen molar-refractivity contribution in [3.8, 4) is 11.4 Å². The van der Waals surface area contributed by atoms with Crippen molar-refractivity contribution in [1.82, 2.24) is 25.6 Å². The van der Waals surface area contributed by atoms with Crippen molar-refractivity contribution in [2.24, 2.45) is 0 Å². The highest BCUT2D eigenvalue weighted by molar-refractivity contribution is 6.03. The Morgan fingerprint density at radius 2 is 2.04 bits per heavy atom. The summed E-state index contributed by atoms with van der Waals surface area (Å²) in [5.74, 6) is -0.337. The first kappa shape index (κ1) is 17.3. The van der Waals surface area contributed by atoms with Crippen LogP contribution < -0.4 is 16.4 Å². The van der Waals surface area contributed by atoms with E-state index in [-0.39, 0.29) is 17.4 Å². The minimum absolute atomic E-state index is 0.00743. The number of hydrogen-bond donors (Lipinski definition) is 3. The summed E-state index contributed by atoms with van der Waals surface area (Å²) in [4.78, 5) is 12.7. The Kier molecular flexibility index (Phi) is 4.88. The molecular weight excluding hydrogens is 344 g/mol. The molecule has 0 spiro atoms. The fourth-order valence-corrected chi connectivity index (χ4v) is 3.30. The molecule has 1 saturated heterocycles. The smallest absolute Gasteiger partial charge is 0.259 e. The van der Waals surface area contributed by atoms with E-state index in [1.807, 2.05) is 47.3 Å². The second-order valence-electron chi connectivity index (χ2n) is 6.60. The van der Waals surface area contributed by atoms with Crippen LogP contribution in [0.5, 0.6) is 0 Å². The lowest BCUT2D eigenvalue weighted by Crippen LogP contribution is -2.29. The van der Waals surface area contributed by atoms with E-state index in [1.165, 1.54) is 0 Å². The van der Waals surface area contributed by atoms with Gasteiger partial charge in [-0.2, -0.15) is 5.10 Å². The van der Waals surface area contributed by atoms with Gasteiger partial charge in [-0.05, 0) is 37.6 Å². The number of nitrogens with zero attached hydrogens (tertiary/aromatic N) is 3. The third-order valence-electron chi connectivity index (χ3n) is 4.78. The van der Waals surface area contributed by atoms with Crippen LogP contribution in [0.3, 0.4) is 0 Å². The molecule has 0 atom stereocenters. The Bertz CT molecular complexity index is 911. The molecule has 4 rings (SSSR count). The van der Waals surface area contributed by atoms with Gasteiger partial charge in [-0.3, -0.25) is 9.48 Å². The van der Waals surface area contributed by atoms with E-state index in [0.29, 0.717) is 24.0 Å². The van der Waals surface area contributed by atoms with Gasteiger partial charge in [0, 0.05) is 12.7 Å². The summed E-state index contributed by atoms with van der Waals surface area (Å²) in [6, 6.07) is 11.9. The van der Waals surface area contributed by atoms with E-state index >= 15 is 0 Å². The van der Waals surface area contributed by atoms with Crippen molar-refractivity contribution in [3.63, 3.8) is 0 Å². The minimum atomic E-state index is -0.330. The van der Waals surface area contributed by atoms with Crippen LogP contribution >= 0.6 is 0 Å². The summed E-state index contributed by atoms with van der Waals surface area (Å²) in [6.45, 7) is 2.35. The molecule has 0 aliphatic carbocycles. The number of anilines is 1. The van der Waals surface area contributed by atoms with Crippen molar-refractivity contribution < 1.29 is 9.32 Å². The van der Waals surface area contributed by atoms with Crippen LogP contribution in [0, 0.1) is 0 Å². The van der Waals surface area contributed by atoms with Crippen molar-refractivity contribution in [1.29, 1.82) is 0 Å². The predicted molar refractivity (Wildman–Crippen MR) is 101 cm³/mol. The van der Waals surface area contributed by atoms with E-state index in [0.717, 1.165) is 31.5 Å². The van der Waals surface area contributed by atoms with E-state index in [1.54, 1.807) is 0 Å². The number of amides is 1. The Hall–Kier alpha value is -3.13. The first-order chi connectivity index (χ1) is 13.2. The van der Waals surface area contributed by atoms with Gasteiger partial charge in [-0.15, -0.1) is 0 Å². The number of aromatic nitrogens is 3. The van der Waals surface area contributed by atoms with Gasteiger partial charge in [-0.1, -0.05) is 35.5 Å². The van der Waals surface area contributed by atoms with Crippen LogP contribution in [0.25, 0.3) is 11.4 Å². The number of rotatable bonds is 5. The molecule has 3 aromatic rings. The maximum Gasteiger partial charge on any atom is 0.259 e. The zero-order valence-electron chi connectivity index (χ0n) is 14.9. The van der Waals surface area contributed by atoms with E-state index < -0.39 is 0 Å². The molecule has 140 valence electrons. The first-order valence-electron chi connectivity index (χ1n) is 9.06. The van der Waals surface area contributed by atoms with Gasteiger partial charge >= 0.3 is 0 Å². The SMILES string of the molecule is Nc1onc(-c2ccn(C3CCNCC3)n2)c1C(=O)NCc1ccccc1. The number of carbonyl (C=O) groups excluding carboxylic acids is 1. The molecule has 1 aromatic carbocycles.